The van der Waals surface area contributed by atoms with Gasteiger partial charge in [0.15, 0.2) is 0 Å². The first-order chi connectivity index (χ1) is 10.8. The number of carbonyl (C=O) groups is 1. The van der Waals surface area contributed by atoms with Crippen molar-refractivity contribution < 1.29 is 13.2 Å². The largest absolute Gasteiger partial charge is 0.352 e. The molecular formula is C17H28N2O3S. The second-order valence-electron chi connectivity index (χ2n) is 5.98. The van der Waals surface area contributed by atoms with E-state index in [0.717, 1.165) is 25.5 Å². The van der Waals surface area contributed by atoms with Crippen LogP contribution in [-0.2, 0) is 10.0 Å². The zero-order valence-electron chi connectivity index (χ0n) is 14.5. The Bertz CT molecular complexity index is 627. The van der Waals surface area contributed by atoms with E-state index in [1.807, 2.05) is 0 Å². The minimum Gasteiger partial charge on any atom is -0.352 e. The number of benzene rings is 1. The Kier molecular flexibility index (Phi) is 7.55. The van der Waals surface area contributed by atoms with Crippen molar-refractivity contribution in [3.8, 4) is 0 Å². The van der Waals surface area contributed by atoms with E-state index in [2.05, 4.69) is 23.9 Å². The minimum atomic E-state index is -3.36. The van der Waals surface area contributed by atoms with E-state index in [4.69, 9.17) is 0 Å². The lowest BCUT2D eigenvalue weighted by molar-refractivity contribution is 0.0945. The first-order valence-electron chi connectivity index (χ1n) is 8.14. The number of hydrogen-bond acceptors (Lipinski definition) is 3. The van der Waals surface area contributed by atoms with Crippen molar-refractivity contribution in [2.75, 3.05) is 17.5 Å². The summed E-state index contributed by atoms with van der Waals surface area (Å²) >= 11 is 0. The van der Waals surface area contributed by atoms with Gasteiger partial charge in [-0.1, -0.05) is 39.2 Å². The van der Waals surface area contributed by atoms with Crippen LogP contribution in [0.4, 0.5) is 5.69 Å². The molecule has 5 nitrogen and oxygen atoms in total. The molecule has 0 unspecified atom stereocenters. The van der Waals surface area contributed by atoms with Crippen LogP contribution >= 0.6 is 0 Å². The number of nitrogens with one attached hydrogen (secondary N) is 2. The second-order valence-corrected chi connectivity index (χ2v) is 7.73. The number of amides is 1. The van der Waals surface area contributed by atoms with Gasteiger partial charge < -0.3 is 5.32 Å². The third-order valence-corrected chi connectivity index (χ3v) is 4.56. The zero-order chi connectivity index (χ0) is 17.5. The maximum absolute atomic E-state index is 12.4. The average molecular weight is 340 g/mol. The zero-order valence-corrected chi connectivity index (χ0v) is 15.3. The van der Waals surface area contributed by atoms with Crippen molar-refractivity contribution >= 4 is 21.6 Å². The SMILES string of the molecule is CCCC[C@H](CC)CNC(=O)c1cccc(NS(C)(=O)=O)c1C. The standard InChI is InChI=1S/C17H28N2O3S/c1-5-7-9-14(6-2)12-18-17(20)15-10-8-11-16(13(15)3)19-23(4,21)22/h8,10-11,14,19H,5-7,9,12H2,1-4H3,(H,18,20)/t14-/m0/s1. The molecule has 0 bridgehead atoms. The molecule has 0 saturated heterocycles. The highest BCUT2D eigenvalue weighted by molar-refractivity contribution is 7.92. The summed E-state index contributed by atoms with van der Waals surface area (Å²) in [6, 6.07) is 5.05. The van der Waals surface area contributed by atoms with E-state index in [-0.39, 0.29) is 5.91 Å². The van der Waals surface area contributed by atoms with Crippen molar-refractivity contribution in [1.82, 2.24) is 5.32 Å². The Labute approximate surface area is 139 Å². The molecule has 2 N–H and O–H groups in total. The molecule has 0 spiro atoms. The molecule has 23 heavy (non-hydrogen) atoms. The van der Waals surface area contributed by atoms with E-state index in [1.54, 1.807) is 25.1 Å². The molecular weight excluding hydrogens is 312 g/mol. The summed E-state index contributed by atoms with van der Waals surface area (Å²) < 4.78 is 25.2. The Morgan fingerprint density at radius 3 is 2.52 bits per heavy atom. The highest BCUT2D eigenvalue weighted by atomic mass is 32.2. The Morgan fingerprint density at radius 2 is 1.96 bits per heavy atom. The van der Waals surface area contributed by atoms with E-state index in [0.29, 0.717) is 29.3 Å². The Hall–Kier alpha value is -1.56. The van der Waals surface area contributed by atoms with Crippen LogP contribution in [0.5, 0.6) is 0 Å². The van der Waals surface area contributed by atoms with Gasteiger partial charge in [-0.25, -0.2) is 8.42 Å². The van der Waals surface area contributed by atoms with Crippen LogP contribution in [0.1, 0.15) is 55.5 Å². The van der Waals surface area contributed by atoms with Gasteiger partial charge >= 0.3 is 0 Å². The molecule has 130 valence electrons. The van der Waals surface area contributed by atoms with Gasteiger partial charge in [0.1, 0.15) is 0 Å². The summed E-state index contributed by atoms with van der Waals surface area (Å²) in [5.74, 6) is 0.325. The topological polar surface area (TPSA) is 75.3 Å². The minimum absolute atomic E-state index is 0.158. The normalized spacial score (nSPS) is 12.7. The molecule has 0 aliphatic heterocycles. The summed E-state index contributed by atoms with van der Waals surface area (Å²) in [6.45, 7) is 6.69. The molecule has 1 amide bonds. The quantitative estimate of drug-likeness (QED) is 0.724. The van der Waals surface area contributed by atoms with Crippen molar-refractivity contribution in [3.63, 3.8) is 0 Å². The van der Waals surface area contributed by atoms with E-state index < -0.39 is 10.0 Å². The molecule has 1 aromatic carbocycles. The predicted molar refractivity (Wildman–Crippen MR) is 95.3 cm³/mol. The molecule has 0 heterocycles. The molecule has 0 radical (unpaired) electrons. The first-order valence-corrected chi connectivity index (χ1v) is 10.0. The molecule has 0 aromatic heterocycles. The van der Waals surface area contributed by atoms with Gasteiger partial charge in [0.2, 0.25) is 10.0 Å². The van der Waals surface area contributed by atoms with E-state index in [9.17, 15) is 13.2 Å². The molecule has 0 aliphatic rings. The van der Waals surface area contributed by atoms with Crippen LogP contribution < -0.4 is 10.0 Å². The molecule has 0 saturated carbocycles. The van der Waals surface area contributed by atoms with Gasteiger partial charge in [-0.2, -0.15) is 0 Å². The number of sulfonamides is 1. The first kappa shape index (κ1) is 19.5. The van der Waals surface area contributed by atoms with Crippen molar-refractivity contribution in [1.29, 1.82) is 0 Å². The van der Waals surface area contributed by atoms with Crippen LogP contribution in [0.25, 0.3) is 0 Å². The number of unbranched alkanes of at least 4 members (excludes halogenated alkanes) is 1. The number of rotatable bonds is 9. The fourth-order valence-corrected chi connectivity index (χ4v) is 3.09. The van der Waals surface area contributed by atoms with Crippen molar-refractivity contribution in [3.05, 3.63) is 29.3 Å². The van der Waals surface area contributed by atoms with E-state index in [1.165, 1.54) is 6.42 Å². The number of carbonyl (C=O) groups excluding carboxylic acids is 1. The smallest absolute Gasteiger partial charge is 0.251 e. The van der Waals surface area contributed by atoms with Gasteiger partial charge in [0.05, 0.1) is 11.9 Å². The number of hydrogen-bond donors (Lipinski definition) is 2. The third-order valence-electron chi connectivity index (χ3n) is 3.97. The number of anilines is 1. The summed E-state index contributed by atoms with van der Waals surface area (Å²) in [7, 11) is -3.36. The fourth-order valence-electron chi connectivity index (χ4n) is 2.47. The van der Waals surface area contributed by atoms with Crippen LogP contribution in [0.3, 0.4) is 0 Å². The van der Waals surface area contributed by atoms with Gasteiger partial charge in [-0.05, 0) is 37.0 Å². The second kappa shape index (κ2) is 8.91. The molecule has 1 aromatic rings. The molecule has 0 aliphatic carbocycles. The van der Waals surface area contributed by atoms with Crippen molar-refractivity contribution in [2.45, 2.75) is 46.5 Å². The van der Waals surface area contributed by atoms with Crippen LogP contribution in [0.2, 0.25) is 0 Å². The maximum Gasteiger partial charge on any atom is 0.251 e. The Morgan fingerprint density at radius 1 is 1.26 bits per heavy atom. The molecule has 1 rings (SSSR count). The lowest BCUT2D eigenvalue weighted by atomic mass is 9.99. The lowest BCUT2D eigenvalue weighted by Crippen LogP contribution is -2.30. The van der Waals surface area contributed by atoms with Crippen LogP contribution in [0, 0.1) is 12.8 Å². The van der Waals surface area contributed by atoms with Gasteiger partial charge in [0.25, 0.3) is 5.91 Å². The van der Waals surface area contributed by atoms with Gasteiger partial charge in [-0.15, -0.1) is 0 Å². The summed E-state index contributed by atoms with van der Waals surface area (Å²) in [4.78, 5) is 12.4. The van der Waals surface area contributed by atoms with Gasteiger partial charge in [-0.3, -0.25) is 9.52 Å². The van der Waals surface area contributed by atoms with Crippen molar-refractivity contribution in [2.24, 2.45) is 5.92 Å². The fraction of sp³-hybridized carbons (Fsp3) is 0.588. The maximum atomic E-state index is 12.4. The summed E-state index contributed by atoms with van der Waals surface area (Å²) in [5, 5.41) is 2.97. The molecule has 1 atom stereocenters. The summed E-state index contributed by atoms with van der Waals surface area (Å²) in [6.07, 6.45) is 5.57. The molecule has 0 fully saturated rings. The summed E-state index contributed by atoms with van der Waals surface area (Å²) in [5.41, 5.74) is 1.58. The van der Waals surface area contributed by atoms with Crippen LogP contribution in [-0.4, -0.2) is 27.1 Å². The third kappa shape index (κ3) is 6.60. The van der Waals surface area contributed by atoms with Crippen LogP contribution in [0.15, 0.2) is 18.2 Å². The highest BCUT2D eigenvalue weighted by Crippen LogP contribution is 2.20. The molecule has 6 heteroatoms. The van der Waals surface area contributed by atoms with Gasteiger partial charge in [0, 0.05) is 12.1 Å². The predicted octanol–water partition coefficient (Wildman–Crippen LogP) is 3.31. The monoisotopic (exact) mass is 340 g/mol. The Balaban J connectivity index is 2.78. The lowest BCUT2D eigenvalue weighted by Gasteiger charge is -2.17. The van der Waals surface area contributed by atoms with E-state index >= 15 is 0 Å². The highest BCUT2D eigenvalue weighted by Gasteiger charge is 2.15. The average Bonchev–Trinajstić information content (AvgIpc) is 2.48.